The van der Waals surface area contributed by atoms with E-state index in [0.717, 1.165) is 28.3 Å². The highest BCUT2D eigenvalue weighted by Gasteiger charge is 2.19. The van der Waals surface area contributed by atoms with Crippen LogP contribution in [0.25, 0.3) is 0 Å². The van der Waals surface area contributed by atoms with Crippen LogP contribution in [-0.4, -0.2) is 26.4 Å². The number of methoxy groups -OCH3 is 3. The molecular weight excluding hydrogens is 402 g/mol. The molecule has 158 valence electrons. The fraction of sp³-hybridized carbons (Fsp3) is 0.250. The number of aryl methyl sites for hydroxylation is 1. The second kappa shape index (κ2) is 9.74. The van der Waals surface area contributed by atoms with Gasteiger partial charge in [0, 0.05) is 40.0 Å². The molecule has 0 aromatic heterocycles. The van der Waals surface area contributed by atoms with Crippen LogP contribution in [0.4, 0.5) is 5.69 Å². The maximum Gasteiger partial charge on any atom is 0.127 e. The first-order valence-corrected chi connectivity index (χ1v) is 9.91. The molecule has 1 unspecified atom stereocenters. The molecule has 0 spiro atoms. The zero-order valence-corrected chi connectivity index (χ0v) is 18.3. The molecule has 0 radical (unpaired) electrons. The predicted octanol–water partition coefficient (Wildman–Crippen LogP) is 5.37. The van der Waals surface area contributed by atoms with Gasteiger partial charge in [0.05, 0.1) is 21.3 Å². The lowest BCUT2D eigenvalue weighted by molar-refractivity contribution is 0.215. The van der Waals surface area contributed by atoms with Crippen molar-refractivity contribution in [2.75, 3.05) is 26.6 Å². The van der Waals surface area contributed by atoms with Crippen molar-refractivity contribution in [2.24, 2.45) is 0 Å². The number of aliphatic hydroxyl groups excluding tert-OH is 1. The number of rotatable bonds is 8. The quantitative estimate of drug-likeness (QED) is 0.506. The largest absolute Gasteiger partial charge is 0.497 e. The molecule has 0 aliphatic rings. The lowest BCUT2D eigenvalue weighted by Crippen LogP contribution is -2.09. The van der Waals surface area contributed by atoms with Crippen molar-refractivity contribution in [1.82, 2.24) is 0 Å². The maximum atomic E-state index is 11.1. The summed E-state index contributed by atoms with van der Waals surface area (Å²) in [7, 11) is 4.84. The van der Waals surface area contributed by atoms with Crippen LogP contribution in [0, 0.1) is 6.92 Å². The number of benzene rings is 3. The van der Waals surface area contributed by atoms with Gasteiger partial charge < -0.3 is 24.6 Å². The molecule has 1 atom stereocenters. The van der Waals surface area contributed by atoms with Gasteiger partial charge in [0.2, 0.25) is 0 Å². The van der Waals surface area contributed by atoms with Gasteiger partial charge in [-0.1, -0.05) is 23.7 Å². The summed E-state index contributed by atoms with van der Waals surface area (Å²) >= 11 is 6.24. The normalized spacial score (nSPS) is 11.7. The molecule has 3 aromatic carbocycles. The van der Waals surface area contributed by atoms with Gasteiger partial charge in [0.1, 0.15) is 23.4 Å². The van der Waals surface area contributed by atoms with Gasteiger partial charge in [-0.2, -0.15) is 0 Å². The minimum absolute atomic E-state index is 0.500. The Morgan fingerprint density at radius 3 is 2.33 bits per heavy atom. The summed E-state index contributed by atoms with van der Waals surface area (Å²) in [5.74, 6) is 2.08. The Kier molecular flexibility index (Phi) is 7.08. The molecule has 0 fully saturated rings. The molecule has 0 aliphatic carbocycles. The fourth-order valence-electron chi connectivity index (χ4n) is 3.32. The third-order valence-electron chi connectivity index (χ3n) is 4.96. The Bertz CT molecular complexity index is 1020. The van der Waals surface area contributed by atoms with Crippen molar-refractivity contribution < 1.29 is 19.3 Å². The zero-order chi connectivity index (χ0) is 21.7. The van der Waals surface area contributed by atoms with Crippen LogP contribution in [0.3, 0.4) is 0 Å². The number of hydrogen-bond donors (Lipinski definition) is 2. The molecular formula is C24H26ClNO4. The summed E-state index contributed by atoms with van der Waals surface area (Å²) in [6.45, 7) is 2.48. The van der Waals surface area contributed by atoms with Crippen LogP contribution < -0.4 is 19.5 Å². The van der Waals surface area contributed by atoms with Gasteiger partial charge in [0.15, 0.2) is 0 Å². The minimum atomic E-state index is -0.903. The van der Waals surface area contributed by atoms with Crippen molar-refractivity contribution in [3.8, 4) is 17.2 Å². The summed E-state index contributed by atoms with van der Waals surface area (Å²) in [6, 6.07) is 16.8. The number of nitrogens with one attached hydrogen (secondary N) is 1. The van der Waals surface area contributed by atoms with Crippen molar-refractivity contribution in [2.45, 2.75) is 19.6 Å². The number of aliphatic hydroxyl groups is 1. The molecule has 0 bridgehead atoms. The summed E-state index contributed by atoms with van der Waals surface area (Å²) in [6.07, 6.45) is -0.903. The lowest BCUT2D eigenvalue weighted by atomic mass is 9.97. The average Bonchev–Trinajstić information content (AvgIpc) is 2.77. The predicted molar refractivity (Wildman–Crippen MR) is 120 cm³/mol. The van der Waals surface area contributed by atoms with Crippen molar-refractivity contribution in [3.05, 3.63) is 81.9 Å². The third-order valence-corrected chi connectivity index (χ3v) is 5.19. The van der Waals surface area contributed by atoms with Gasteiger partial charge >= 0.3 is 0 Å². The summed E-state index contributed by atoms with van der Waals surface area (Å²) in [5, 5.41) is 15.1. The Balaban J connectivity index is 1.91. The van der Waals surface area contributed by atoms with Gasteiger partial charge in [-0.3, -0.25) is 0 Å². The van der Waals surface area contributed by atoms with E-state index in [1.165, 1.54) is 0 Å². The van der Waals surface area contributed by atoms with E-state index in [1.807, 2.05) is 49.4 Å². The third kappa shape index (κ3) is 4.81. The standard InChI is InChI=1S/C24H26ClNO4/c1-15-5-9-19(23(11-15)30-4)24(27)20-12-17(25)7-10-21(20)26-14-16-6-8-18(28-2)13-22(16)29-3/h5-13,24,26-27H,14H2,1-4H3. The topological polar surface area (TPSA) is 60.0 Å². The molecule has 0 saturated carbocycles. The summed E-state index contributed by atoms with van der Waals surface area (Å²) < 4.78 is 16.2. The minimum Gasteiger partial charge on any atom is -0.497 e. The second-order valence-corrected chi connectivity index (χ2v) is 7.35. The molecule has 6 heteroatoms. The molecule has 3 rings (SSSR count). The first-order valence-electron chi connectivity index (χ1n) is 9.53. The molecule has 0 heterocycles. The molecule has 2 N–H and O–H groups in total. The van der Waals surface area contributed by atoms with Crippen molar-refractivity contribution >= 4 is 17.3 Å². The first-order chi connectivity index (χ1) is 14.5. The van der Waals surface area contributed by atoms with E-state index in [-0.39, 0.29) is 0 Å². The van der Waals surface area contributed by atoms with Gasteiger partial charge in [0.25, 0.3) is 0 Å². The molecule has 30 heavy (non-hydrogen) atoms. The summed E-state index contributed by atoms with van der Waals surface area (Å²) in [5.41, 5.74) is 4.13. The van der Waals surface area contributed by atoms with Gasteiger partial charge in [-0.25, -0.2) is 0 Å². The van der Waals surface area contributed by atoms with Crippen LogP contribution >= 0.6 is 11.6 Å². The van der Waals surface area contributed by atoms with E-state index in [4.69, 9.17) is 25.8 Å². The Labute approximate surface area is 182 Å². The Hall–Kier alpha value is -2.89. The van der Waals surface area contributed by atoms with E-state index in [9.17, 15) is 5.11 Å². The SMILES string of the molecule is COc1ccc(CNc2ccc(Cl)cc2C(O)c2ccc(C)cc2OC)c(OC)c1. The van der Waals surface area contributed by atoms with Crippen molar-refractivity contribution in [3.63, 3.8) is 0 Å². The average molecular weight is 428 g/mol. The Morgan fingerprint density at radius 2 is 1.63 bits per heavy atom. The maximum absolute atomic E-state index is 11.1. The smallest absolute Gasteiger partial charge is 0.127 e. The van der Waals surface area contributed by atoms with Crippen LogP contribution in [0.15, 0.2) is 54.6 Å². The highest BCUT2D eigenvalue weighted by Crippen LogP contribution is 2.36. The van der Waals surface area contributed by atoms with Gasteiger partial charge in [-0.15, -0.1) is 0 Å². The highest BCUT2D eigenvalue weighted by atomic mass is 35.5. The van der Waals surface area contributed by atoms with E-state index in [2.05, 4.69) is 5.32 Å². The van der Waals surface area contributed by atoms with Crippen LogP contribution in [0.2, 0.25) is 5.02 Å². The zero-order valence-electron chi connectivity index (χ0n) is 17.5. The number of hydrogen-bond acceptors (Lipinski definition) is 5. The molecule has 3 aromatic rings. The second-order valence-electron chi connectivity index (χ2n) is 6.91. The Morgan fingerprint density at radius 1 is 0.867 bits per heavy atom. The van der Waals surface area contributed by atoms with Crippen LogP contribution in [0.1, 0.15) is 28.4 Å². The fourth-order valence-corrected chi connectivity index (χ4v) is 3.50. The van der Waals surface area contributed by atoms with Crippen LogP contribution in [-0.2, 0) is 6.54 Å². The van der Waals surface area contributed by atoms with E-state index in [1.54, 1.807) is 33.5 Å². The van der Waals surface area contributed by atoms with E-state index in [0.29, 0.717) is 28.4 Å². The number of anilines is 1. The van der Waals surface area contributed by atoms with Gasteiger partial charge in [-0.05, 0) is 48.9 Å². The van der Waals surface area contributed by atoms with E-state index < -0.39 is 6.10 Å². The first kappa shape index (κ1) is 21.8. The van der Waals surface area contributed by atoms with Crippen molar-refractivity contribution in [1.29, 1.82) is 0 Å². The summed E-state index contributed by atoms with van der Waals surface area (Å²) in [4.78, 5) is 0. The van der Waals surface area contributed by atoms with Crippen LogP contribution in [0.5, 0.6) is 17.2 Å². The highest BCUT2D eigenvalue weighted by molar-refractivity contribution is 6.30. The molecule has 0 amide bonds. The molecule has 5 nitrogen and oxygen atoms in total. The lowest BCUT2D eigenvalue weighted by Gasteiger charge is -2.20. The molecule has 0 aliphatic heterocycles. The number of halogens is 1. The number of ether oxygens (including phenoxy) is 3. The van der Waals surface area contributed by atoms with E-state index >= 15 is 0 Å². The molecule has 0 saturated heterocycles. The monoisotopic (exact) mass is 427 g/mol.